The van der Waals surface area contributed by atoms with Gasteiger partial charge in [-0.25, -0.2) is 0 Å². The molecule has 0 amide bonds. The van der Waals surface area contributed by atoms with E-state index in [0.29, 0.717) is 19.8 Å². The molecule has 1 aromatic rings. The minimum atomic E-state index is 0.563. The molecule has 0 aliphatic rings. The molecule has 1 rings (SSSR count). The average Bonchev–Trinajstić information content (AvgIpc) is 2.34. The Kier molecular flexibility index (Phi) is 6.62. The molecule has 0 radical (unpaired) electrons. The van der Waals surface area contributed by atoms with Gasteiger partial charge in [-0.05, 0) is 31.8 Å². The van der Waals surface area contributed by atoms with Gasteiger partial charge in [0.15, 0.2) is 0 Å². The number of hydrogen-bond donors (Lipinski definition) is 1. The monoisotopic (exact) mass is 238 g/mol. The summed E-state index contributed by atoms with van der Waals surface area (Å²) in [7, 11) is 4.05. The summed E-state index contributed by atoms with van der Waals surface area (Å²) < 4.78 is 11.0. The molecule has 0 aromatic heterocycles. The van der Waals surface area contributed by atoms with Gasteiger partial charge in [-0.1, -0.05) is 12.1 Å². The molecule has 1 aromatic carbocycles. The van der Waals surface area contributed by atoms with Crippen LogP contribution in [0.15, 0.2) is 24.3 Å². The zero-order chi connectivity index (χ0) is 12.5. The second-order valence-corrected chi connectivity index (χ2v) is 4.11. The lowest BCUT2D eigenvalue weighted by atomic mass is 10.2. The zero-order valence-electron chi connectivity index (χ0n) is 10.7. The van der Waals surface area contributed by atoms with Gasteiger partial charge in [-0.2, -0.15) is 0 Å². The predicted octanol–water partition coefficient (Wildman–Crippen LogP) is 1.10. The van der Waals surface area contributed by atoms with Crippen LogP contribution in [0.2, 0.25) is 0 Å². The van der Waals surface area contributed by atoms with Crippen LogP contribution in [-0.2, 0) is 11.3 Å². The van der Waals surface area contributed by atoms with Crippen LogP contribution in [0.4, 0.5) is 0 Å². The molecular weight excluding hydrogens is 216 g/mol. The van der Waals surface area contributed by atoms with Crippen LogP contribution >= 0.6 is 0 Å². The third-order valence-electron chi connectivity index (χ3n) is 2.34. The second-order valence-electron chi connectivity index (χ2n) is 4.11. The number of nitrogens with zero attached hydrogens (tertiary/aromatic N) is 1. The summed E-state index contributed by atoms with van der Waals surface area (Å²) in [4.78, 5) is 2.09. The summed E-state index contributed by atoms with van der Waals surface area (Å²) >= 11 is 0. The molecule has 0 aliphatic heterocycles. The fourth-order valence-corrected chi connectivity index (χ4v) is 1.29. The maximum atomic E-state index is 5.53. The highest BCUT2D eigenvalue weighted by atomic mass is 16.5. The van der Waals surface area contributed by atoms with E-state index in [1.165, 1.54) is 0 Å². The van der Waals surface area contributed by atoms with Crippen LogP contribution in [0.1, 0.15) is 5.56 Å². The number of benzene rings is 1. The van der Waals surface area contributed by atoms with E-state index in [9.17, 15) is 0 Å². The molecule has 0 bridgehead atoms. The number of likely N-dealkylation sites (N-methyl/N-ethyl adjacent to an activating group) is 1. The number of nitrogens with two attached hydrogens (primary N) is 1. The quantitative estimate of drug-likeness (QED) is 0.689. The van der Waals surface area contributed by atoms with Crippen molar-refractivity contribution in [2.45, 2.75) is 6.54 Å². The highest BCUT2D eigenvalue weighted by molar-refractivity contribution is 5.26. The average molecular weight is 238 g/mol. The second kappa shape index (κ2) is 8.06. The van der Waals surface area contributed by atoms with Crippen LogP contribution in [0.25, 0.3) is 0 Å². The Hall–Kier alpha value is -1.10. The smallest absolute Gasteiger partial charge is 0.119 e. The Bertz CT molecular complexity index is 299. The first kappa shape index (κ1) is 14.0. The van der Waals surface area contributed by atoms with Crippen molar-refractivity contribution in [2.24, 2.45) is 5.73 Å². The van der Waals surface area contributed by atoms with Gasteiger partial charge >= 0.3 is 0 Å². The van der Waals surface area contributed by atoms with E-state index < -0.39 is 0 Å². The minimum absolute atomic E-state index is 0.563. The van der Waals surface area contributed by atoms with Crippen molar-refractivity contribution >= 4 is 0 Å². The van der Waals surface area contributed by atoms with Crippen molar-refractivity contribution in [2.75, 3.05) is 40.5 Å². The Labute approximate surface area is 103 Å². The highest BCUT2D eigenvalue weighted by Gasteiger charge is 1.95. The summed E-state index contributed by atoms with van der Waals surface area (Å²) in [6.07, 6.45) is 0. The Morgan fingerprint density at radius 2 is 1.76 bits per heavy atom. The van der Waals surface area contributed by atoms with Gasteiger partial charge in [-0.3, -0.25) is 0 Å². The van der Waals surface area contributed by atoms with Gasteiger partial charge in [0.25, 0.3) is 0 Å². The van der Waals surface area contributed by atoms with Crippen LogP contribution in [-0.4, -0.2) is 45.4 Å². The van der Waals surface area contributed by atoms with Crippen LogP contribution in [0.5, 0.6) is 5.75 Å². The largest absolute Gasteiger partial charge is 0.491 e. The molecule has 96 valence electrons. The summed E-state index contributed by atoms with van der Waals surface area (Å²) in [5, 5.41) is 0. The Balaban J connectivity index is 2.09. The van der Waals surface area contributed by atoms with Gasteiger partial charge in [0.05, 0.1) is 13.2 Å². The Morgan fingerprint density at radius 1 is 1.06 bits per heavy atom. The van der Waals surface area contributed by atoms with Gasteiger partial charge in [0.1, 0.15) is 12.4 Å². The third-order valence-corrected chi connectivity index (χ3v) is 2.34. The van der Waals surface area contributed by atoms with E-state index in [4.69, 9.17) is 15.2 Å². The fourth-order valence-electron chi connectivity index (χ4n) is 1.29. The lowest BCUT2D eigenvalue weighted by Crippen LogP contribution is -2.19. The molecule has 4 heteroatoms. The van der Waals surface area contributed by atoms with E-state index in [1.807, 2.05) is 38.4 Å². The molecule has 2 N–H and O–H groups in total. The van der Waals surface area contributed by atoms with Crippen LogP contribution in [0, 0.1) is 0 Å². The maximum Gasteiger partial charge on any atom is 0.119 e. The number of rotatable bonds is 8. The normalized spacial score (nSPS) is 10.8. The van der Waals surface area contributed by atoms with Gasteiger partial charge < -0.3 is 20.1 Å². The lowest BCUT2D eigenvalue weighted by Gasteiger charge is -2.10. The number of hydrogen-bond acceptors (Lipinski definition) is 4. The van der Waals surface area contributed by atoms with E-state index in [0.717, 1.165) is 24.5 Å². The number of ether oxygens (including phenoxy) is 2. The zero-order valence-corrected chi connectivity index (χ0v) is 10.7. The highest BCUT2D eigenvalue weighted by Crippen LogP contribution is 2.11. The summed E-state index contributed by atoms with van der Waals surface area (Å²) in [5.41, 5.74) is 6.63. The molecule has 0 saturated carbocycles. The summed E-state index contributed by atoms with van der Waals surface area (Å²) in [6, 6.07) is 7.81. The minimum Gasteiger partial charge on any atom is -0.491 e. The molecule has 17 heavy (non-hydrogen) atoms. The molecule has 0 heterocycles. The van der Waals surface area contributed by atoms with Crippen molar-refractivity contribution in [1.29, 1.82) is 0 Å². The first-order valence-electron chi connectivity index (χ1n) is 5.86. The van der Waals surface area contributed by atoms with Gasteiger partial charge in [0, 0.05) is 13.1 Å². The Morgan fingerprint density at radius 3 is 2.35 bits per heavy atom. The molecule has 0 aliphatic carbocycles. The standard InChI is InChI=1S/C13H22N2O2/c1-15(2)7-8-16-9-10-17-13-5-3-12(11-14)4-6-13/h3-6H,7-11,14H2,1-2H3. The maximum absolute atomic E-state index is 5.53. The molecule has 0 spiro atoms. The van der Waals surface area contributed by atoms with E-state index in [1.54, 1.807) is 0 Å². The molecular formula is C13H22N2O2. The fraction of sp³-hybridized carbons (Fsp3) is 0.538. The van der Waals surface area contributed by atoms with E-state index in [-0.39, 0.29) is 0 Å². The van der Waals surface area contributed by atoms with Crippen molar-refractivity contribution < 1.29 is 9.47 Å². The van der Waals surface area contributed by atoms with Crippen molar-refractivity contribution in [3.05, 3.63) is 29.8 Å². The van der Waals surface area contributed by atoms with Crippen molar-refractivity contribution in [3.63, 3.8) is 0 Å². The van der Waals surface area contributed by atoms with Crippen molar-refractivity contribution in [1.82, 2.24) is 4.90 Å². The topological polar surface area (TPSA) is 47.7 Å². The van der Waals surface area contributed by atoms with E-state index >= 15 is 0 Å². The van der Waals surface area contributed by atoms with Gasteiger partial charge in [-0.15, -0.1) is 0 Å². The molecule has 0 saturated heterocycles. The summed E-state index contributed by atoms with van der Waals surface area (Å²) in [5.74, 6) is 0.860. The molecule has 0 unspecified atom stereocenters. The lowest BCUT2D eigenvalue weighted by molar-refractivity contribution is 0.0890. The van der Waals surface area contributed by atoms with Gasteiger partial charge in [0.2, 0.25) is 0 Å². The predicted molar refractivity (Wildman–Crippen MR) is 69.2 cm³/mol. The van der Waals surface area contributed by atoms with Crippen LogP contribution < -0.4 is 10.5 Å². The first-order chi connectivity index (χ1) is 8.22. The first-order valence-corrected chi connectivity index (χ1v) is 5.86. The molecule has 4 nitrogen and oxygen atoms in total. The van der Waals surface area contributed by atoms with Crippen LogP contribution in [0.3, 0.4) is 0 Å². The summed E-state index contributed by atoms with van der Waals surface area (Å²) in [6.45, 7) is 3.43. The SMILES string of the molecule is CN(C)CCOCCOc1ccc(CN)cc1. The third kappa shape index (κ3) is 6.26. The van der Waals surface area contributed by atoms with Crippen molar-refractivity contribution in [3.8, 4) is 5.75 Å². The molecule has 0 fully saturated rings. The molecule has 0 atom stereocenters. The van der Waals surface area contributed by atoms with E-state index in [2.05, 4.69) is 4.90 Å².